The zero-order valence-electron chi connectivity index (χ0n) is 14.1. The molecule has 2 aromatic carbocycles. The van der Waals surface area contributed by atoms with Gasteiger partial charge < -0.3 is 5.11 Å². The predicted molar refractivity (Wildman–Crippen MR) is 112 cm³/mol. The molecule has 0 unspecified atom stereocenters. The summed E-state index contributed by atoms with van der Waals surface area (Å²) >= 11 is 3.43. The summed E-state index contributed by atoms with van der Waals surface area (Å²) in [5.41, 5.74) is 3.95. The van der Waals surface area contributed by atoms with Crippen LogP contribution in [0.2, 0.25) is 0 Å². The molecule has 0 aromatic heterocycles. The van der Waals surface area contributed by atoms with Gasteiger partial charge in [-0.05, 0) is 83.1 Å². The molecule has 0 spiro atoms. The Labute approximate surface area is 164 Å². The fourth-order valence-corrected chi connectivity index (χ4v) is 4.01. The second kappa shape index (κ2) is 7.21. The first kappa shape index (κ1) is 18.0. The number of rotatable bonds is 2. The number of aryl methyl sites for hydroxylation is 2. The van der Waals surface area contributed by atoms with Gasteiger partial charge in [-0.25, -0.2) is 4.99 Å². The number of benzene rings is 2. The summed E-state index contributed by atoms with van der Waals surface area (Å²) in [5, 5.41) is 10.3. The number of amides is 1. The molecule has 4 nitrogen and oxygen atoms in total. The van der Waals surface area contributed by atoms with Gasteiger partial charge in [-0.1, -0.05) is 24.3 Å². The van der Waals surface area contributed by atoms with E-state index in [2.05, 4.69) is 22.6 Å². The number of likely N-dealkylation sites (N-methyl/N-ethyl adjacent to an activating group) is 1. The van der Waals surface area contributed by atoms with Crippen LogP contribution in [-0.4, -0.2) is 28.1 Å². The van der Waals surface area contributed by atoms with Gasteiger partial charge in [0.25, 0.3) is 5.91 Å². The molecule has 1 heterocycles. The van der Waals surface area contributed by atoms with E-state index in [1.165, 1.54) is 11.8 Å². The van der Waals surface area contributed by atoms with Gasteiger partial charge in [-0.15, -0.1) is 0 Å². The summed E-state index contributed by atoms with van der Waals surface area (Å²) in [6.07, 6.45) is 1.83. The highest BCUT2D eigenvalue weighted by atomic mass is 127. The molecule has 0 radical (unpaired) electrons. The van der Waals surface area contributed by atoms with E-state index in [1.807, 2.05) is 44.2 Å². The molecule has 1 amide bonds. The Hall–Kier alpha value is -1.80. The molecule has 2 aromatic rings. The van der Waals surface area contributed by atoms with Gasteiger partial charge in [-0.3, -0.25) is 9.69 Å². The molecule has 0 atom stereocenters. The van der Waals surface area contributed by atoms with Crippen molar-refractivity contribution in [3.05, 3.63) is 61.6 Å². The number of phenols is 1. The summed E-state index contributed by atoms with van der Waals surface area (Å²) in [6, 6.07) is 11.3. The highest BCUT2D eigenvalue weighted by Gasteiger charge is 2.30. The summed E-state index contributed by atoms with van der Waals surface area (Å²) in [4.78, 5) is 19.4. The van der Waals surface area contributed by atoms with E-state index in [0.29, 0.717) is 10.1 Å². The van der Waals surface area contributed by atoms with Gasteiger partial charge >= 0.3 is 0 Å². The Kier molecular flexibility index (Phi) is 5.19. The number of hydrogen-bond acceptors (Lipinski definition) is 4. The number of aliphatic imine (C=N–C) groups is 1. The number of thioether (sulfide) groups is 1. The van der Waals surface area contributed by atoms with Crippen LogP contribution in [0, 0.1) is 17.4 Å². The summed E-state index contributed by atoms with van der Waals surface area (Å²) in [7, 11) is 1.74. The topological polar surface area (TPSA) is 52.9 Å². The van der Waals surface area contributed by atoms with E-state index in [1.54, 1.807) is 24.1 Å². The van der Waals surface area contributed by atoms with Crippen molar-refractivity contribution in [2.24, 2.45) is 4.99 Å². The molecule has 1 fully saturated rings. The number of carbonyl (C=O) groups is 1. The zero-order valence-corrected chi connectivity index (χ0v) is 17.1. The molecule has 1 aliphatic heterocycles. The Morgan fingerprint density at radius 2 is 1.88 bits per heavy atom. The van der Waals surface area contributed by atoms with Crippen LogP contribution in [0.15, 0.2) is 46.3 Å². The summed E-state index contributed by atoms with van der Waals surface area (Å²) < 4.78 is 0.750. The average Bonchev–Trinajstić information content (AvgIpc) is 2.82. The molecule has 1 N–H and O–H groups in total. The van der Waals surface area contributed by atoms with E-state index < -0.39 is 0 Å². The van der Waals surface area contributed by atoms with Gasteiger partial charge in [0.15, 0.2) is 5.17 Å². The number of para-hydroxylation sites is 1. The first-order valence-corrected chi connectivity index (χ1v) is 9.57. The van der Waals surface area contributed by atoms with Crippen molar-refractivity contribution in [2.75, 3.05) is 7.05 Å². The van der Waals surface area contributed by atoms with Crippen LogP contribution in [0.25, 0.3) is 6.08 Å². The van der Waals surface area contributed by atoms with Crippen LogP contribution in [0.3, 0.4) is 0 Å². The van der Waals surface area contributed by atoms with Gasteiger partial charge in [0.2, 0.25) is 0 Å². The van der Waals surface area contributed by atoms with Crippen LogP contribution >= 0.6 is 34.4 Å². The molecule has 0 aliphatic carbocycles. The maximum Gasteiger partial charge on any atom is 0.266 e. The van der Waals surface area contributed by atoms with Crippen molar-refractivity contribution < 1.29 is 9.90 Å². The lowest BCUT2D eigenvalue weighted by molar-refractivity contribution is -0.121. The van der Waals surface area contributed by atoms with Crippen molar-refractivity contribution in [3.63, 3.8) is 0 Å². The molecule has 1 saturated heterocycles. The van der Waals surface area contributed by atoms with E-state index >= 15 is 0 Å². The van der Waals surface area contributed by atoms with Crippen molar-refractivity contribution in [1.29, 1.82) is 0 Å². The second-order valence-corrected chi connectivity index (χ2v) is 7.99. The normalized spacial score (nSPS) is 17.8. The first-order chi connectivity index (χ1) is 11.9. The maximum atomic E-state index is 12.5. The largest absolute Gasteiger partial charge is 0.507 e. The fraction of sp³-hybridized carbons (Fsp3) is 0.158. The SMILES string of the molecule is Cc1cccc(C)c1N=C1S/C(=C\c2ccc(O)c(I)c2)C(=O)N1C. The maximum absolute atomic E-state index is 12.5. The quantitative estimate of drug-likeness (QED) is 0.511. The van der Waals surface area contributed by atoms with Gasteiger partial charge in [-0.2, -0.15) is 0 Å². The van der Waals surface area contributed by atoms with Crippen molar-refractivity contribution in [3.8, 4) is 5.75 Å². The second-order valence-electron chi connectivity index (χ2n) is 5.82. The standard InChI is InChI=1S/C19H17IN2O2S/c1-11-5-4-6-12(2)17(11)21-19-22(3)18(24)16(25-19)10-13-7-8-15(23)14(20)9-13/h4-10,23H,1-3H3/b16-10-,21-19?. The predicted octanol–water partition coefficient (Wildman–Crippen LogP) is 4.85. The molecule has 3 rings (SSSR count). The van der Waals surface area contributed by atoms with E-state index in [9.17, 15) is 9.90 Å². The molecule has 0 bridgehead atoms. The van der Waals surface area contributed by atoms with Gasteiger partial charge in [0.05, 0.1) is 14.2 Å². The Morgan fingerprint density at radius 1 is 1.20 bits per heavy atom. The number of aromatic hydroxyl groups is 1. The highest BCUT2D eigenvalue weighted by molar-refractivity contribution is 14.1. The van der Waals surface area contributed by atoms with Crippen molar-refractivity contribution in [2.45, 2.75) is 13.8 Å². The number of carbonyl (C=O) groups excluding carboxylic acids is 1. The summed E-state index contributed by atoms with van der Waals surface area (Å²) in [5.74, 6) is 0.167. The van der Waals surface area contributed by atoms with Gasteiger partial charge in [0.1, 0.15) is 5.75 Å². The van der Waals surface area contributed by atoms with E-state index in [-0.39, 0.29) is 11.7 Å². The first-order valence-electron chi connectivity index (χ1n) is 7.68. The van der Waals surface area contributed by atoms with Crippen LogP contribution in [-0.2, 0) is 4.79 Å². The molecular formula is C19H17IN2O2S. The lowest BCUT2D eigenvalue weighted by Crippen LogP contribution is -2.23. The minimum atomic E-state index is -0.0712. The fourth-order valence-electron chi connectivity index (χ4n) is 2.49. The van der Waals surface area contributed by atoms with E-state index in [0.717, 1.165) is 25.9 Å². The van der Waals surface area contributed by atoms with Crippen LogP contribution in [0.1, 0.15) is 16.7 Å². The highest BCUT2D eigenvalue weighted by Crippen LogP contribution is 2.35. The lowest BCUT2D eigenvalue weighted by atomic mass is 10.1. The van der Waals surface area contributed by atoms with Crippen LogP contribution < -0.4 is 0 Å². The number of amidine groups is 1. The van der Waals surface area contributed by atoms with E-state index in [4.69, 9.17) is 4.99 Å². The van der Waals surface area contributed by atoms with Crippen LogP contribution in [0.4, 0.5) is 5.69 Å². The molecule has 6 heteroatoms. The van der Waals surface area contributed by atoms with Crippen molar-refractivity contribution >= 4 is 57.2 Å². The van der Waals surface area contributed by atoms with Gasteiger partial charge in [0, 0.05) is 7.05 Å². The average molecular weight is 464 g/mol. The zero-order chi connectivity index (χ0) is 18.1. The molecule has 0 saturated carbocycles. The molecule has 1 aliphatic rings. The minimum Gasteiger partial charge on any atom is -0.507 e. The monoisotopic (exact) mass is 464 g/mol. The third-order valence-corrected chi connectivity index (χ3v) is 5.84. The smallest absolute Gasteiger partial charge is 0.266 e. The Bertz CT molecular complexity index is 901. The number of halogens is 1. The number of nitrogens with zero attached hydrogens (tertiary/aromatic N) is 2. The minimum absolute atomic E-state index is 0.0712. The summed E-state index contributed by atoms with van der Waals surface area (Å²) in [6.45, 7) is 4.03. The number of hydrogen-bond donors (Lipinski definition) is 1. The third kappa shape index (κ3) is 3.74. The molecule has 25 heavy (non-hydrogen) atoms. The van der Waals surface area contributed by atoms with Crippen molar-refractivity contribution in [1.82, 2.24) is 4.90 Å². The molecular weight excluding hydrogens is 447 g/mol. The van der Waals surface area contributed by atoms with Crippen LogP contribution in [0.5, 0.6) is 5.75 Å². The Balaban J connectivity index is 1.96. The molecule has 128 valence electrons. The lowest BCUT2D eigenvalue weighted by Gasteiger charge is -2.09. The number of phenolic OH excluding ortho intramolecular Hbond substituents is 1. The Morgan fingerprint density at radius 3 is 2.52 bits per heavy atom. The third-order valence-electron chi connectivity index (χ3n) is 3.92.